The highest BCUT2D eigenvalue weighted by Crippen LogP contribution is 2.35. The van der Waals surface area contributed by atoms with E-state index in [2.05, 4.69) is 0 Å². The molecule has 0 saturated carbocycles. The first kappa shape index (κ1) is 24.1. The molecule has 3 aliphatic rings. The lowest BCUT2D eigenvalue weighted by molar-refractivity contribution is -0.383. The number of alkyl halides is 1. The van der Waals surface area contributed by atoms with Gasteiger partial charge in [0, 0.05) is 0 Å². The monoisotopic (exact) mass is 434 g/mol. The molecule has 28 heavy (non-hydrogen) atoms. The standard InChI is InChI=1S/C12H22O11.C3H5ClO/c13-1-4-6(16)8(18)9(19)11(21-4)23-12(3-15)10(20)7(17)5(2-14)22-12;4-1-3-2-5-3/h4-11,13-20H,1-3H2;3H,1-2H2/t4-,5-,6-,7-,8+,9-,10+,11-,12+;/m0./s1. The molecule has 3 saturated heterocycles. The molecular weight excluding hydrogens is 408 g/mol. The third-order valence-corrected chi connectivity index (χ3v) is 4.99. The molecule has 13 heteroatoms. The van der Waals surface area contributed by atoms with E-state index in [1.54, 1.807) is 0 Å². The Morgan fingerprint density at radius 2 is 1.50 bits per heavy atom. The van der Waals surface area contributed by atoms with Crippen LogP contribution in [0, 0.1) is 0 Å². The van der Waals surface area contributed by atoms with Crippen molar-refractivity contribution in [3.8, 4) is 0 Å². The summed E-state index contributed by atoms with van der Waals surface area (Å²) in [7, 11) is 0. The minimum absolute atomic E-state index is 0.400. The first-order valence-electron chi connectivity index (χ1n) is 8.66. The van der Waals surface area contributed by atoms with Crippen molar-refractivity contribution < 1.29 is 59.8 Å². The minimum atomic E-state index is -2.22. The number of ether oxygens (including phenoxy) is 4. The van der Waals surface area contributed by atoms with E-state index in [0.29, 0.717) is 12.0 Å². The van der Waals surface area contributed by atoms with Crippen molar-refractivity contribution in [3.63, 3.8) is 0 Å². The number of epoxide rings is 1. The van der Waals surface area contributed by atoms with Crippen LogP contribution in [0.4, 0.5) is 0 Å². The van der Waals surface area contributed by atoms with Gasteiger partial charge in [-0.2, -0.15) is 0 Å². The number of rotatable bonds is 6. The topological polar surface area (TPSA) is 202 Å². The van der Waals surface area contributed by atoms with Crippen molar-refractivity contribution in [2.45, 2.75) is 60.9 Å². The molecule has 12 nitrogen and oxygen atoms in total. The summed E-state index contributed by atoms with van der Waals surface area (Å²) in [6.07, 6.45) is -12.3. The fraction of sp³-hybridized carbons (Fsp3) is 1.00. The predicted molar refractivity (Wildman–Crippen MR) is 89.1 cm³/mol. The molecule has 0 aromatic rings. The van der Waals surface area contributed by atoms with Gasteiger partial charge in [-0.15, -0.1) is 11.6 Å². The molecule has 3 fully saturated rings. The lowest BCUT2D eigenvalue weighted by Gasteiger charge is -2.43. The van der Waals surface area contributed by atoms with Gasteiger partial charge in [0.2, 0.25) is 5.79 Å². The van der Waals surface area contributed by atoms with Crippen molar-refractivity contribution in [2.75, 3.05) is 32.3 Å². The molecule has 0 radical (unpaired) electrons. The summed E-state index contributed by atoms with van der Waals surface area (Å²) >= 11 is 5.27. The second-order valence-corrected chi connectivity index (χ2v) is 6.98. The van der Waals surface area contributed by atoms with Crippen LogP contribution < -0.4 is 0 Å². The van der Waals surface area contributed by atoms with Crippen LogP contribution in [-0.4, -0.2) is 134 Å². The highest BCUT2D eigenvalue weighted by Gasteiger charge is 2.58. The second kappa shape index (κ2) is 10.2. The van der Waals surface area contributed by atoms with Gasteiger partial charge in [0.15, 0.2) is 6.29 Å². The van der Waals surface area contributed by atoms with Crippen LogP contribution in [0.15, 0.2) is 0 Å². The Morgan fingerprint density at radius 3 is 1.89 bits per heavy atom. The molecular formula is C15H27ClO12. The van der Waals surface area contributed by atoms with Gasteiger partial charge in [-0.25, -0.2) is 0 Å². The van der Waals surface area contributed by atoms with E-state index in [9.17, 15) is 30.6 Å². The summed E-state index contributed by atoms with van der Waals surface area (Å²) in [6.45, 7) is -1.44. The maximum absolute atomic E-state index is 10.00. The quantitative estimate of drug-likeness (QED) is 0.147. The lowest BCUT2D eigenvalue weighted by Crippen LogP contribution is -2.62. The fourth-order valence-electron chi connectivity index (χ4n) is 2.79. The summed E-state index contributed by atoms with van der Waals surface area (Å²) in [6, 6.07) is 0. The smallest absolute Gasteiger partial charge is 0.224 e. The highest BCUT2D eigenvalue weighted by molar-refractivity contribution is 6.18. The van der Waals surface area contributed by atoms with Crippen LogP contribution in [0.25, 0.3) is 0 Å². The average Bonchev–Trinajstić information content (AvgIpc) is 3.52. The van der Waals surface area contributed by atoms with Crippen LogP contribution >= 0.6 is 11.6 Å². The average molecular weight is 435 g/mol. The second-order valence-electron chi connectivity index (χ2n) is 6.67. The van der Waals surface area contributed by atoms with Crippen molar-refractivity contribution in [2.24, 2.45) is 0 Å². The summed E-state index contributed by atoms with van der Waals surface area (Å²) in [4.78, 5) is 0. The van der Waals surface area contributed by atoms with Crippen LogP contribution in [0.5, 0.6) is 0 Å². The molecule has 0 spiro atoms. The first-order chi connectivity index (χ1) is 13.2. The summed E-state index contributed by atoms with van der Waals surface area (Å²) in [5, 5.41) is 76.7. The van der Waals surface area contributed by atoms with E-state index in [1.807, 2.05) is 0 Å². The van der Waals surface area contributed by atoms with Gasteiger partial charge in [0.05, 0.1) is 31.8 Å². The van der Waals surface area contributed by atoms with Crippen molar-refractivity contribution in [1.29, 1.82) is 0 Å². The molecule has 0 aromatic carbocycles. The molecule has 3 aliphatic heterocycles. The van der Waals surface area contributed by atoms with Crippen molar-refractivity contribution >= 4 is 11.6 Å². The molecule has 3 heterocycles. The van der Waals surface area contributed by atoms with E-state index >= 15 is 0 Å². The third-order valence-electron chi connectivity index (χ3n) is 4.64. The highest BCUT2D eigenvalue weighted by atomic mass is 35.5. The zero-order valence-electron chi connectivity index (χ0n) is 14.8. The number of hydrogen-bond donors (Lipinski definition) is 8. The number of aliphatic hydroxyl groups is 8. The van der Waals surface area contributed by atoms with Crippen LogP contribution in [0.2, 0.25) is 0 Å². The maximum atomic E-state index is 10.00. The lowest BCUT2D eigenvalue weighted by atomic mass is 9.99. The zero-order valence-corrected chi connectivity index (χ0v) is 15.6. The van der Waals surface area contributed by atoms with E-state index in [0.717, 1.165) is 6.61 Å². The van der Waals surface area contributed by atoms with Gasteiger partial charge in [0.1, 0.15) is 49.3 Å². The normalized spacial score (nSPS) is 48.1. The van der Waals surface area contributed by atoms with E-state index in [1.165, 1.54) is 0 Å². The van der Waals surface area contributed by atoms with E-state index < -0.39 is 74.6 Å². The minimum Gasteiger partial charge on any atom is -0.394 e. The van der Waals surface area contributed by atoms with E-state index in [-0.39, 0.29) is 0 Å². The molecule has 8 N–H and O–H groups in total. The Kier molecular flexibility index (Phi) is 8.79. The molecule has 0 amide bonds. The molecule has 3 rings (SSSR count). The summed E-state index contributed by atoms with van der Waals surface area (Å²) in [5.41, 5.74) is 0. The summed E-state index contributed by atoms with van der Waals surface area (Å²) < 4.78 is 20.2. The number of halogens is 1. The fourth-order valence-corrected chi connectivity index (χ4v) is 2.97. The molecule has 1 unspecified atom stereocenters. The number of aliphatic hydroxyl groups excluding tert-OH is 8. The van der Waals surface area contributed by atoms with Gasteiger partial charge >= 0.3 is 0 Å². The maximum Gasteiger partial charge on any atom is 0.224 e. The molecule has 0 aromatic heterocycles. The van der Waals surface area contributed by atoms with Crippen molar-refractivity contribution in [1.82, 2.24) is 0 Å². The SMILES string of the molecule is ClCC1CO1.OC[C@@H]1O[C@@H](O[C@@]2(CO)O[C@@H](CO)[C@H](O)[C@H]2O)[C@@H](O)[C@H](O)[C@H]1O. The van der Waals surface area contributed by atoms with Gasteiger partial charge in [0.25, 0.3) is 0 Å². The van der Waals surface area contributed by atoms with Crippen LogP contribution in [0.3, 0.4) is 0 Å². The Bertz CT molecular complexity index is 480. The van der Waals surface area contributed by atoms with Crippen molar-refractivity contribution in [3.05, 3.63) is 0 Å². The molecule has 0 bridgehead atoms. The molecule has 166 valence electrons. The molecule has 0 aliphatic carbocycles. The van der Waals surface area contributed by atoms with Gasteiger partial charge in [-0.05, 0) is 0 Å². The molecule has 10 atom stereocenters. The first-order valence-corrected chi connectivity index (χ1v) is 9.19. The van der Waals surface area contributed by atoms with Gasteiger partial charge < -0.3 is 59.8 Å². The number of hydrogen-bond acceptors (Lipinski definition) is 12. The Balaban J connectivity index is 0.000000485. The third kappa shape index (κ3) is 5.10. The van der Waals surface area contributed by atoms with E-state index in [4.69, 9.17) is 40.8 Å². The Morgan fingerprint density at radius 1 is 0.893 bits per heavy atom. The van der Waals surface area contributed by atoms with Gasteiger partial charge in [-0.1, -0.05) is 0 Å². The van der Waals surface area contributed by atoms with Crippen LogP contribution in [-0.2, 0) is 18.9 Å². The van der Waals surface area contributed by atoms with Gasteiger partial charge in [-0.3, -0.25) is 0 Å². The Labute approximate surface area is 165 Å². The largest absolute Gasteiger partial charge is 0.394 e. The predicted octanol–water partition coefficient (Wildman–Crippen LogP) is -4.77. The Hall–Kier alpha value is -0.190. The summed E-state index contributed by atoms with van der Waals surface area (Å²) in [5.74, 6) is -1.56. The zero-order chi connectivity index (χ0) is 21.1. The van der Waals surface area contributed by atoms with Crippen LogP contribution in [0.1, 0.15) is 0 Å².